The molecule has 0 aromatic carbocycles. The van der Waals surface area contributed by atoms with Crippen LogP contribution in [0.15, 0.2) is 0 Å². The molecule has 1 aliphatic heterocycles. The fourth-order valence-corrected chi connectivity index (χ4v) is 1.88. The summed E-state index contributed by atoms with van der Waals surface area (Å²) in [5.74, 6) is 0. The molecule has 1 aliphatic rings. The second-order valence-electron chi connectivity index (χ2n) is 5.51. The molecule has 0 aromatic rings. The first-order chi connectivity index (χ1) is 7.95. The third-order valence-electron chi connectivity index (χ3n) is 3.21. The standard InChI is InChI=1S/C11H25B3N3/c1-7-8-11(6)17-13-15(9(2)3)12-16(14-17)10(4)5/h9-11H,7-8H2,1-6H3. The second kappa shape index (κ2) is 6.86. The SMILES string of the molecule is CCCC(C)N1[B]N(C(C)C)[B]N(C(C)C)[B]1. The molecule has 1 fully saturated rings. The smallest absolute Gasteiger partial charge is 0.290 e. The Morgan fingerprint density at radius 2 is 1.18 bits per heavy atom. The molecule has 0 spiro atoms. The molecule has 1 rings (SSSR count). The second-order valence-corrected chi connectivity index (χ2v) is 5.51. The summed E-state index contributed by atoms with van der Waals surface area (Å²) in [7, 11) is 6.65. The van der Waals surface area contributed by atoms with Crippen LogP contribution in [0.25, 0.3) is 0 Å². The topological polar surface area (TPSA) is 9.72 Å². The highest BCUT2D eigenvalue weighted by Gasteiger charge is 2.32. The van der Waals surface area contributed by atoms with Crippen LogP contribution in [0.4, 0.5) is 0 Å². The summed E-state index contributed by atoms with van der Waals surface area (Å²) >= 11 is 0. The Morgan fingerprint density at radius 3 is 1.53 bits per heavy atom. The summed E-state index contributed by atoms with van der Waals surface area (Å²) < 4.78 is 6.90. The molecule has 0 bridgehead atoms. The van der Waals surface area contributed by atoms with E-state index >= 15 is 0 Å². The fraction of sp³-hybridized carbons (Fsp3) is 1.00. The lowest BCUT2D eigenvalue weighted by Gasteiger charge is -2.45. The van der Waals surface area contributed by atoms with E-state index in [9.17, 15) is 0 Å². The minimum atomic E-state index is 0.501. The van der Waals surface area contributed by atoms with Gasteiger partial charge in [-0.2, -0.15) is 0 Å². The maximum absolute atomic E-state index is 2.34. The van der Waals surface area contributed by atoms with E-state index in [0.29, 0.717) is 18.1 Å². The quantitative estimate of drug-likeness (QED) is 0.665. The van der Waals surface area contributed by atoms with Crippen molar-refractivity contribution in [2.75, 3.05) is 0 Å². The Balaban J connectivity index is 2.64. The van der Waals surface area contributed by atoms with Crippen LogP contribution in [0.2, 0.25) is 0 Å². The van der Waals surface area contributed by atoms with Crippen LogP contribution in [-0.2, 0) is 0 Å². The van der Waals surface area contributed by atoms with Crippen LogP contribution in [0, 0.1) is 0 Å². The Hall–Kier alpha value is 0.0748. The highest BCUT2D eigenvalue weighted by atomic mass is 15.3. The Labute approximate surface area is 110 Å². The third-order valence-corrected chi connectivity index (χ3v) is 3.21. The van der Waals surface area contributed by atoms with Gasteiger partial charge in [0.15, 0.2) is 0 Å². The van der Waals surface area contributed by atoms with Crippen molar-refractivity contribution >= 4 is 22.6 Å². The van der Waals surface area contributed by atoms with E-state index in [1.165, 1.54) is 12.8 Å². The summed E-state index contributed by atoms with van der Waals surface area (Å²) in [6.45, 7) is 13.4. The van der Waals surface area contributed by atoms with Gasteiger partial charge in [0.2, 0.25) is 0 Å². The van der Waals surface area contributed by atoms with E-state index in [0.717, 1.165) is 0 Å². The molecule has 3 radical (unpaired) electrons. The average molecular weight is 232 g/mol. The molecule has 1 unspecified atom stereocenters. The van der Waals surface area contributed by atoms with E-state index in [-0.39, 0.29) is 0 Å². The summed E-state index contributed by atoms with van der Waals surface area (Å²) in [6.07, 6.45) is 2.46. The minimum Gasteiger partial charge on any atom is -0.363 e. The molecular weight excluding hydrogens is 207 g/mol. The first-order valence-electron chi connectivity index (χ1n) is 6.83. The zero-order valence-corrected chi connectivity index (χ0v) is 12.2. The van der Waals surface area contributed by atoms with Gasteiger partial charge in [0.05, 0.1) is 0 Å². The lowest BCUT2D eigenvalue weighted by molar-refractivity contribution is 0.364. The molecule has 1 heterocycles. The number of hydrogen-bond acceptors (Lipinski definition) is 3. The van der Waals surface area contributed by atoms with Crippen molar-refractivity contribution in [3.63, 3.8) is 0 Å². The predicted octanol–water partition coefficient (Wildman–Crippen LogP) is 1.51. The van der Waals surface area contributed by atoms with Crippen molar-refractivity contribution in [2.24, 2.45) is 0 Å². The molecule has 6 heteroatoms. The zero-order chi connectivity index (χ0) is 13.0. The van der Waals surface area contributed by atoms with Crippen molar-refractivity contribution in [1.29, 1.82) is 0 Å². The molecular formula is C11H25B3N3. The van der Waals surface area contributed by atoms with Crippen molar-refractivity contribution in [2.45, 2.75) is 72.5 Å². The van der Waals surface area contributed by atoms with Crippen LogP contribution >= 0.6 is 0 Å². The van der Waals surface area contributed by atoms with Gasteiger partial charge in [0.25, 0.3) is 22.6 Å². The Kier molecular flexibility index (Phi) is 6.11. The van der Waals surface area contributed by atoms with E-state index in [1.54, 1.807) is 0 Å². The molecule has 1 saturated heterocycles. The van der Waals surface area contributed by atoms with Gasteiger partial charge in [-0.3, -0.25) is 0 Å². The van der Waals surface area contributed by atoms with Crippen LogP contribution in [-0.4, -0.2) is 54.9 Å². The molecule has 0 aromatic heterocycles. The normalized spacial score (nSPS) is 21.2. The van der Waals surface area contributed by atoms with Crippen LogP contribution in [0.3, 0.4) is 0 Å². The fourth-order valence-electron chi connectivity index (χ4n) is 1.88. The van der Waals surface area contributed by atoms with Gasteiger partial charge in [0.1, 0.15) is 0 Å². The maximum Gasteiger partial charge on any atom is 0.290 e. The Bertz CT molecular complexity index is 210. The zero-order valence-electron chi connectivity index (χ0n) is 12.2. The molecule has 0 amide bonds. The number of hydrogen-bond donors (Lipinski definition) is 0. The van der Waals surface area contributed by atoms with E-state index in [2.05, 4.69) is 78.4 Å². The van der Waals surface area contributed by atoms with E-state index in [1.807, 2.05) is 0 Å². The van der Waals surface area contributed by atoms with Crippen molar-refractivity contribution < 1.29 is 0 Å². The third kappa shape index (κ3) is 4.34. The van der Waals surface area contributed by atoms with Gasteiger partial charge in [0, 0.05) is 0 Å². The van der Waals surface area contributed by atoms with Gasteiger partial charge in [-0.05, 0) is 24.5 Å². The molecule has 0 saturated carbocycles. The van der Waals surface area contributed by atoms with Gasteiger partial charge in [-0.1, -0.05) is 48.0 Å². The van der Waals surface area contributed by atoms with Gasteiger partial charge in [-0.25, -0.2) is 0 Å². The minimum absolute atomic E-state index is 0.501. The molecule has 0 aliphatic carbocycles. The molecule has 3 nitrogen and oxygen atoms in total. The molecule has 0 N–H and O–H groups in total. The summed E-state index contributed by atoms with van der Waals surface area (Å²) in [5.41, 5.74) is 0. The summed E-state index contributed by atoms with van der Waals surface area (Å²) in [6, 6.07) is 1.57. The largest absolute Gasteiger partial charge is 0.363 e. The van der Waals surface area contributed by atoms with E-state index < -0.39 is 0 Å². The van der Waals surface area contributed by atoms with Crippen LogP contribution < -0.4 is 0 Å². The maximum atomic E-state index is 2.34. The van der Waals surface area contributed by atoms with Crippen LogP contribution in [0.1, 0.15) is 54.4 Å². The number of nitrogens with zero attached hydrogens (tertiary/aromatic N) is 3. The summed E-state index contributed by atoms with van der Waals surface area (Å²) in [4.78, 5) is 0. The van der Waals surface area contributed by atoms with Gasteiger partial charge >= 0.3 is 0 Å². The number of rotatable bonds is 5. The average Bonchev–Trinajstić information content (AvgIpc) is 2.28. The first kappa shape index (κ1) is 15.1. The lowest BCUT2D eigenvalue weighted by Crippen LogP contribution is -2.66. The molecule has 17 heavy (non-hydrogen) atoms. The van der Waals surface area contributed by atoms with E-state index in [4.69, 9.17) is 0 Å². The highest BCUT2D eigenvalue weighted by molar-refractivity contribution is 6.65. The highest BCUT2D eigenvalue weighted by Crippen LogP contribution is 2.13. The lowest BCUT2D eigenvalue weighted by atomic mass is 9.70. The molecule has 93 valence electrons. The van der Waals surface area contributed by atoms with Crippen molar-refractivity contribution in [1.82, 2.24) is 14.2 Å². The predicted molar refractivity (Wildman–Crippen MR) is 77.4 cm³/mol. The van der Waals surface area contributed by atoms with Gasteiger partial charge in [-0.15, -0.1) is 0 Å². The van der Waals surface area contributed by atoms with Crippen molar-refractivity contribution in [3.05, 3.63) is 0 Å². The van der Waals surface area contributed by atoms with Crippen LogP contribution in [0.5, 0.6) is 0 Å². The summed E-state index contributed by atoms with van der Waals surface area (Å²) in [5, 5.41) is 0. The first-order valence-corrected chi connectivity index (χ1v) is 6.83. The molecule has 1 atom stereocenters. The van der Waals surface area contributed by atoms with Crippen molar-refractivity contribution in [3.8, 4) is 0 Å². The van der Waals surface area contributed by atoms with Gasteiger partial charge < -0.3 is 14.2 Å². The monoisotopic (exact) mass is 232 g/mol. The Morgan fingerprint density at radius 1 is 0.765 bits per heavy atom.